The summed E-state index contributed by atoms with van der Waals surface area (Å²) in [4.78, 5) is 4.37. The summed E-state index contributed by atoms with van der Waals surface area (Å²) in [5.74, 6) is 0.615. The predicted molar refractivity (Wildman–Crippen MR) is 73.4 cm³/mol. The van der Waals surface area contributed by atoms with Crippen LogP contribution in [0.15, 0.2) is 36.5 Å². The lowest BCUT2D eigenvalue weighted by atomic mass is 10.1. The van der Waals surface area contributed by atoms with Crippen molar-refractivity contribution in [3.05, 3.63) is 40.1 Å². The summed E-state index contributed by atoms with van der Waals surface area (Å²) in [7, 11) is 1.59. The Hall–Kier alpha value is -1.30. The van der Waals surface area contributed by atoms with E-state index < -0.39 is 0 Å². The molecule has 0 aliphatic heterocycles. The second-order valence-corrected chi connectivity index (χ2v) is 4.35. The van der Waals surface area contributed by atoms with E-state index in [1.165, 1.54) is 0 Å². The van der Waals surface area contributed by atoms with Crippen LogP contribution in [0, 0.1) is 3.57 Å². The molecule has 0 saturated carbocycles. The Morgan fingerprint density at radius 2 is 1.94 bits per heavy atom. The van der Waals surface area contributed by atoms with Crippen LogP contribution in [-0.2, 0) is 0 Å². The van der Waals surface area contributed by atoms with Crippen LogP contribution in [-0.4, -0.2) is 12.1 Å². The molecule has 0 atom stereocenters. The third-order valence-electron chi connectivity index (χ3n) is 2.29. The smallest absolute Gasteiger partial charge is 0.161 e. The van der Waals surface area contributed by atoms with Crippen LogP contribution in [0.1, 0.15) is 0 Å². The molecule has 2 N–H and O–H groups in total. The number of rotatable bonds is 2. The highest BCUT2D eigenvalue weighted by atomic mass is 127. The van der Waals surface area contributed by atoms with Gasteiger partial charge < -0.3 is 10.5 Å². The van der Waals surface area contributed by atoms with Gasteiger partial charge in [0.25, 0.3) is 0 Å². The molecule has 0 aliphatic carbocycles. The molecule has 0 unspecified atom stereocenters. The average molecular weight is 326 g/mol. The first-order valence-corrected chi connectivity index (χ1v) is 5.85. The summed E-state index contributed by atoms with van der Waals surface area (Å²) in [5, 5.41) is 0. The Kier molecular flexibility index (Phi) is 3.28. The number of nitrogen functional groups attached to an aromatic ring is 1. The fourth-order valence-electron chi connectivity index (χ4n) is 1.45. The Bertz CT molecular complexity index is 500. The lowest BCUT2D eigenvalue weighted by molar-refractivity contribution is 0.415. The summed E-state index contributed by atoms with van der Waals surface area (Å²) in [5.41, 5.74) is 8.54. The topological polar surface area (TPSA) is 48.1 Å². The van der Waals surface area contributed by atoms with Gasteiger partial charge in [0, 0.05) is 5.56 Å². The average Bonchev–Trinajstić information content (AvgIpc) is 2.34. The number of nitrogens with zero attached hydrogens (tertiary/aromatic N) is 1. The molecule has 0 amide bonds. The van der Waals surface area contributed by atoms with Crippen LogP contribution in [0.2, 0.25) is 0 Å². The number of methoxy groups -OCH3 is 1. The predicted octanol–water partition coefficient (Wildman–Crippen LogP) is 2.94. The van der Waals surface area contributed by atoms with E-state index in [0.717, 1.165) is 14.8 Å². The molecule has 0 spiro atoms. The fourth-order valence-corrected chi connectivity index (χ4v) is 2.16. The number of anilines is 1. The quantitative estimate of drug-likeness (QED) is 0.863. The lowest BCUT2D eigenvalue weighted by Gasteiger charge is -2.09. The number of hydrogen-bond acceptors (Lipinski definition) is 3. The maximum Gasteiger partial charge on any atom is 0.161 e. The molecule has 82 valence electrons. The number of halogens is 1. The molecule has 4 heteroatoms. The van der Waals surface area contributed by atoms with E-state index in [9.17, 15) is 0 Å². The first-order valence-electron chi connectivity index (χ1n) is 4.77. The van der Waals surface area contributed by atoms with Gasteiger partial charge in [-0.25, -0.2) is 0 Å². The van der Waals surface area contributed by atoms with Gasteiger partial charge in [-0.2, -0.15) is 0 Å². The van der Waals surface area contributed by atoms with Gasteiger partial charge in [0.1, 0.15) is 0 Å². The minimum atomic E-state index is 0.615. The molecule has 1 heterocycles. The maximum atomic E-state index is 5.96. The second-order valence-electron chi connectivity index (χ2n) is 3.27. The van der Waals surface area contributed by atoms with Gasteiger partial charge in [0.2, 0.25) is 0 Å². The molecule has 0 fully saturated rings. The molecule has 3 nitrogen and oxygen atoms in total. The van der Waals surface area contributed by atoms with Crippen LogP contribution in [0.3, 0.4) is 0 Å². The van der Waals surface area contributed by atoms with E-state index in [-0.39, 0.29) is 0 Å². The standard InChI is InChI=1S/C12H11IN2O/c1-16-9-7-15-12(10(13)11(9)14)8-5-3-2-4-6-8/h2-7H,1H3,(H2,14,15). The van der Waals surface area contributed by atoms with Crippen molar-refractivity contribution < 1.29 is 4.74 Å². The maximum absolute atomic E-state index is 5.96. The first-order chi connectivity index (χ1) is 7.74. The first kappa shape index (κ1) is 11.2. The van der Waals surface area contributed by atoms with Gasteiger partial charge in [-0.05, 0) is 22.6 Å². The molecule has 0 saturated heterocycles. The van der Waals surface area contributed by atoms with Crippen LogP contribution in [0.4, 0.5) is 5.69 Å². The van der Waals surface area contributed by atoms with Crippen LogP contribution in [0.5, 0.6) is 5.75 Å². The zero-order valence-electron chi connectivity index (χ0n) is 8.77. The van der Waals surface area contributed by atoms with Gasteiger partial charge in [-0.1, -0.05) is 30.3 Å². The monoisotopic (exact) mass is 326 g/mol. The Morgan fingerprint density at radius 3 is 2.56 bits per heavy atom. The number of aromatic nitrogens is 1. The number of nitrogens with two attached hydrogens (primary N) is 1. The highest BCUT2D eigenvalue weighted by molar-refractivity contribution is 14.1. The zero-order chi connectivity index (χ0) is 11.5. The van der Waals surface area contributed by atoms with Crippen molar-refractivity contribution in [2.24, 2.45) is 0 Å². The van der Waals surface area contributed by atoms with Crippen molar-refractivity contribution in [3.63, 3.8) is 0 Å². The lowest BCUT2D eigenvalue weighted by Crippen LogP contribution is -1.99. The second kappa shape index (κ2) is 4.69. The van der Waals surface area contributed by atoms with E-state index in [1.807, 2.05) is 30.3 Å². The van der Waals surface area contributed by atoms with E-state index >= 15 is 0 Å². The molecule has 16 heavy (non-hydrogen) atoms. The fraction of sp³-hybridized carbons (Fsp3) is 0.0833. The largest absolute Gasteiger partial charge is 0.493 e. The van der Waals surface area contributed by atoms with Crippen LogP contribution < -0.4 is 10.5 Å². The van der Waals surface area contributed by atoms with E-state index in [1.54, 1.807) is 13.3 Å². The highest BCUT2D eigenvalue weighted by Gasteiger charge is 2.11. The third-order valence-corrected chi connectivity index (χ3v) is 3.38. The summed E-state index contributed by atoms with van der Waals surface area (Å²) < 4.78 is 6.04. The van der Waals surface area contributed by atoms with Gasteiger partial charge in [0.05, 0.1) is 28.3 Å². The van der Waals surface area contributed by atoms with Crippen molar-refractivity contribution in [3.8, 4) is 17.0 Å². The summed E-state index contributed by atoms with van der Waals surface area (Å²) in [6.07, 6.45) is 1.65. The van der Waals surface area contributed by atoms with Crippen molar-refractivity contribution in [1.29, 1.82) is 0 Å². The Labute approximate surface area is 108 Å². The van der Waals surface area contributed by atoms with E-state index in [0.29, 0.717) is 11.4 Å². The molecule has 0 aliphatic rings. The molecule has 0 radical (unpaired) electrons. The number of benzene rings is 1. The minimum Gasteiger partial charge on any atom is -0.493 e. The molecule has 2 rings (SSSR count). The van der Waals surface area contributed by atoms with Crippen LogP contribution >= 0.6 is 22.6 Å². The number of ether oxygens (including phenoxy) is 1. The normalized spacial score (nSPS) is 10.1. The van der Waals surface area contributed by atoms with Crippen molar-refractivity contribution >= 4 is 28.3 Å². The zero-order valence-corrected chi connectivity index (χ0v) is 10.9. The van der Waals surface area contributed by atoms with Crippen LogP contribution in [0.25, 0.3) is 11.3 Å². The molecular weight excluding hydrogens is 315 g/mol. The van der Waals surface area contributed by atoms with Gasteiger partial charge in [0.15, 0.2) is 5.75 Å². The SMILES string of the molecule is COc1cnc(-c2ccccc2)c(I)c1N. The van der Waals surface area contributed by atoms with Crippen molar-refractivity contribution in [2.45, 2.75) is 0 Å². The molecular formula is C12H11IN2O. The molecule has 1 aromatic heterocycles. The highest BCUT2D eigenvalue weighted by Crippen LogP contribution is 2.32. The molecule has 0 bridgehead atoms. The van der Waals surface area contributed by atoms with Gasteiger partial charge >= 0.3 is 0 Å². The van der Waals surface area contributed by atoms with Gasteiger partial charge in [-0.3, -0.25) is 4.98 Å². The molecule has 1 aromatic carbocycles. The number of pyridine rings is 1. The third kappa shape index (κ3) is 1.97. The Balaban J connectivity index is 2.56. The Morgan fingerprint density at radius 1 is 1.25 bits per heavy atom. The van der Waals surface area contributed by atoms with E-state index in [4.69, 9.17) is 10.5 Å². The van der Waals surface area contributed by atoms with Crippen molar-refractivity contribution in [2.75, 3.05) is 12.8 Å². The summed E-state index contributed by atoms with van der Waals surface area (Å²) in [6.45, 7) is 0. The van der Waals surface area contributed by atoms with Crippen molar-refractivity contribution in [1.82, 2.24) is 4.98 Å². The summed E-state index contributed by atoms with van der Waals surface area (Å²) >= 11 is 2.19. The van der Waals surface area contributed by atoms with E-state index in [2.05, 4.69) is 27.6 Å². The molecule has 2 aromatic rings. The van der Waals surface area contributed by atoms with Gasteiger partial charge in [-0.15, -0.1) is 0 Å². The summed E-state index contributed by atoms with van der Waals surface area (Å²) in [6, 6.07) is 9.96. The minimum absolute atomic E-state index is 0.615. The number of hydrogen-bond donors (Lipinski definition) is 1.